The molecule has 0 saturated heterocycles. The highest BCUT2D eigenvalue weighted by molar-refractivity contribution is 7.92. The Labute approximate surface area is 143 Å². The van der Waals surface area contributed by atoms with Crippen molar-refractivity contribution in [3.8, 4) is 11.5 Å². The Hall–Kier alpha value is -2.75. The van der Waals surface area contributed by atoms with Crippen LogP contribution < -0.4 is 4.72 Å². The zero-order valence-corrected chi connectivity index (χ0v) is 14.2. The highest BCUT2D eigenvalue weighted by Gasteiger charge is 2.24. The highest BCUT2D eigenvalue weighted by atomic mass is 32.2. The zero-order chi connectivity index (χ0) is 17.4. The average Bonchev–Trinajstić information content (AvgIpc) is 3.22. The maximum atomic E-state index is 12.7. The molecular weight excluding hydrogens is 346 g/mol. The van der Waals surface area contributed by atoms with Gasteiger partial charge in [-0.05, 0) is 59.3 Å². The van der Waals surface area contributed by atoms with Gasteiger partial charge in [-0.25, -0.2) is 13.0 Å². The lowest BCUT2D eigenvalue weighted by molar-refractivity contribution is 0.310. The van der Waals surface area contributed by atoms with E-state index in [1.54, 1.807) is 19.1 Å². The Morgan fingerprint density at radius 3 is 2.64 bits per heavy atom. The van der Waals surface area contributed by atoms with Gasteiger partial charge in [-0.2, -0.15) is 4.98 Å². The molecule has 0 amide bonds. The first-order chi connectivity index (χ1) is 12.0. The third-order valence-electron chi connectivity index (χ3n) is 4.09. The molecule has 0 bridgehead atoms. The molecule has 0 radical (unpaired) electrons. The fourth-order valence-electron chi connectivity index (χ4n) is 2.86. The van der Waals surface area contributed by atoms with Crippen molar-refractivity contribution in [1.82, 2.24) is 20.5 Å². The smallest absolute Gasteiger partial charge is 0.263 e. The molecule has 25 heavy (non-hydrogen) atoms. The lowest BCUT2D eigenvalue weighted by atomic mass is 9.92. The molecule has 130 valence electrons. The molecule has 1 aromatic carbocycles. The van der Waals surface area contributed by atoms with Crippen LogP contribution in [0.25, 0.3) is 11.5 Å². The summed E-state index contributed by atoms with van der Waals surface area (Å²) in [7, 11) is -3.84. The molecule has 1 aliphatic rings. The molecule has 0 aliphatic heterocycles. The van der Waals surface area contributed by atoms with Crippen LogP contribution in [0.1, 0.15) is 29.9 Å². The molecule has 10 heteroatoms. The molecular formula is C15H15N5O4S. The van der Waals surface area contributed by atoms with Crippen molar-refractivity contribution < 1.29 is 17.6 Å². The number of fused-ring (bicyclic) bond motifs is 1. The molecule has 4 rings (SSSR count). The second-order valence-corrected chi connectivity index (χ2v) is 7.52. The molecule has 3 aromatic rings. The predicted octanol–water partition coefficient (Wildman–Crippen LogP) is 2.11. The number of sulfonamides is 1. The van der Waals surface area contributed by atoms with E-state index in [-0.39, 0.29) is 22.2 Å². The minimum absolute atomic E-state index is 0.0679. The number of rotatable bonds is 4. The SMILES string of the molecule is Cc1nc(-c2nonc2NS(=O)(=O)c2ccc3c(c2)CCCC3)no1. The lowest BCUT2D eigenvalue weighted by Crippen LogP contribution is -2.15. The Kier molecular flexibility index (Phi) is 3.75. The van der Waals surface area contributed by atoms with Crippen LogP contribution in [0.4, 0.5) is 5.82 Å². The van der Waals surface area contributed by atoms with Gasteiger partial charge < -0.3 is 4.52 Å². The molecule has 1 N–H and O–H groups in total. The van der Waals surface area contributed by atoms with Crippen LogP contribution in [0.2, 0.25) is 0 Å². The lowest BCUT2D eigenvalue weighted by Gasteiger charge is -2.16. The van der Waals surface area contributed by atoms with Crippen molar-refractivity contribution >= 4 is 15.8 Å². The van der Waals surface area contributed by atoms with Gasteiger partial charge in [0.2, 0.25) is 23.2 Å². The van der Waals surface area contributed by atoms with Crippen molar-refractivity contribution in [2.24, 2.45) is 0 Å². The summed E-state index contributed by atoms with van der Waals surface area (Å²) in [5, 5.41) is 10.9. The highest BCUT2D eigenvalue weighted by Crippen LogP contribution is 2.27. The molecule has 9 nitrogen and oxygen atoms in total. The zero-order valence-electron chi connectivity index (χ0n) is 13.4. The first kappa shape index (κ1) is 15.8. The van der Waals surface area contributed by atoms with Crippen molar-refractivity contribution in [2.45, 2.75) is 37.5 Å². The largest absolute Gasteiger partial charge is 0.339 e. The van der Waals surface area contributed by atoms with Gasteiger partial charge in [-0.15, -0.1) is 0 Å². The average molecular weight is 361 g/mol. The number of aromatic nitrogens is 4. The minimum Gasteiger partial charge on any atom is -0.339 e. The van der Waals surface area contributed by atoms with Crippen molar-refractivity contribution in [2.75, 3.05) is 4.72 Å². The van der Waals surface area contributed by atoms with E-state index in [9.17, 15) is 8.42 Å². The van der Waals surface area contributed by atoms with Crippen LogP contribution in [0.3, 0.4) is 0 Å². The summed E-state index contributed by atoms with van der Waals surface area (Å²) in [5.74, 6) is 0.335. The van der Waals surface area contributed by atoms with Gasteiger partial charge in [-0.1, -0.05) is 11.2 Å². The summed E-state index contributed by atoms with van der Waals surface area (Å²) in [6.07, 6.45) is 4.07. The van der Waals surface area contributed by atoms with Gasteiger partial charge in [-0.3, -0.25) is 4.72 Å². The number of nitrogens with zero attached hydrogens (tertiary/aromatic N) is 4. The quantitative estimate of drug-likeness (QED) is 0.749. The van der Waals surface area contributed by atoms with Crippen LogP contribution in [-0.2, 0) is 22.9 Å². The Bertz CT molecular complexity index is 1020. The second kappa shape index (κ2) is 5.96. The number of nitrogens with one attached hydrogen (secondary N) is 1. The second-order valence-electron chi connectivity index (χ2n) is 5.84. The van der Waals surface area contributed by atoms with Crippen LogP contribution in [0.5, 0.6) is 0 Å². The number of aryl methyl sites for hydroxylation is 3. The van der Waals surface area contributed by atoms with Crippen LogP contribution >= 0.6 is 0 Å². The van der Waals surface area contributed by atoms with E-state index in [2.05, 4.69) is 29.8 Å². The number of hydrogen-bond acceptors (Lipinski definition) is 8. The molecule has 0 saturated carbocycles. The monoisotopic (exact) mass is 361 g/mol. The Balaban J connectivity index is 1.66. The van der Waals surface area contributed by atoms with Gasteiger partial charge in [0.05, 0.1) is 4.90 Å². The summed E-state index contributed by atoms with van der Waals surface area (Å²) < 4.78 is 37.3. The van der Waals surface area contributed by atoms with Crippen LogP contribution in [-0.4, -0.2) is 28.9 Å². The summed E-state index contributed by atoms with van der Waals surface area (Å²) in [4.78, 5) is 4.17. The van der Waals surface area contributed by atoms with Crippen LogP contribution in [0.15, 0.2) is 32.2 Å². The van der Waals surface area contributed by atoms with Gasteiger partial charge in [0, 0.05) is 6.92 Å². The molecule has 0 fully saturated rings. The van der Waals surface area contributed by atoms with Crippen molar-refractivity contribution in [3.05, 3.63) is 35.2 Å². The minimum atomic E-state index is -3.84. The first-order valence-corrected chi connectivity index (χ1v) is 9.29. The van der Waals surface area contributed by atoms with Gasteiger partial charge in [0.15, 0.2) is 0 Å². The maximum Gasteiger partial charge on any atom is 0.263 e. The number of hydrogen-bond donors (Lipinski definition) is 1. The van der Waals surface area contributed by atoms with Crippen LogP contribution in [0, 0.1) is 6.92 Å². The maximum absolute atomic E-state index is 12.7. The summed E-state index contributed by atoms with van der Waals surface area (Å²) >= 11 is 0. The summed E-state index contributed by atoms with van der Waals surface area (Å²) in [6, 6.07) is 5.17. The first-order valence-electron chi connectivity index (χ1n) is 7.81. The van der Waals surface area contributed by atoms with Gasteiger partial charge in [0.1, 0.15) is 0 Å². The van der Waals surface area contributed by atoms with E-state index < -0.39 is 10.0 Å². The number of anilines is 1. The third-order valence-corrected chi connectivity index (χ3v) is 5.43. The standard InChI is InChI=1S/C15H15N5O4S/c1-9-16-14(18-23-9)13-15(19-24-17-13)20-25(21,22)12-7-6-10-4-2-3-5-11(10)8-12/h6-8H,2-5H2,1H3,(H,19,20). The van der Waals surface area contributed by atoms with Crippen molar-refractivity contribution in [1.29, 1.82) is 0 Å². The van der Waals surface area contributed by atoms with E-state index >= 15 is 0 Å². The van der Waals surface area contributed by atoms with E-state index in [1.807, 2.05) is 6.07 Å². The fourth-order valence-corrected chi connectivity index (χ4v) is 3.91. The fraction of sp³-hybridized carbons (Fsp3) is 0.333. The summed E-state index contributed by atoms with van der Waals surface area (Å²) in [6.45, 7) is 1.61. The Morgan fingerprint density at radius 1 is 1.08 bits per heavy atom. The number of benzene rings is 1. The van der Waals surface area contributed by atoms with E-state index in [1.165, 1.54) is 5.56 Å². The van der Waals surface area contributed by atoms with E-state index in [0.29, 0.717) is 5.89 Å². The van der Waals surface area contributed by atoms with E-state index in [0.717, 1.165) is 31.2 Å². The summed E-state index contributed by atoms with van der Waals surface area (Å²) in [5.41, 5.74) is 2.34. The molecule has 0 unspecified atom stereocenters. The molecule has 1 aliphatic carbocycles. The van der Waals surface area contributed by atoms with Crippen molar-refractivity contribution in [3.63, 3.8) is 0 Å². The molecule has 0 atom stereocenters. The molecule has 2 aromatic heterocycles. The molecule has 0 spiro atoms. The normalized spacial score (nSPS) is 14.3. The molecule has 2 heterocycles. The predicted molar refractivity (Wildman–Crippen MR) is 86.2 cm³/mol. The topological polar surface area (TPSA) is 124 Å². The van der Waals surface area contributed by atoms with Gasteiger partial charge in [0.25, 0.3) is 10.0 Å². The Morgan fingerprint density at radius 2 is 1.88 bits per heavy atom. The third kappa shape index (κ3) is 3.00. The van der Waals surface area contributed by atoms with Gasteiger partial charge >= 0.3 is 0 Å². The van der Waals surface area contributed by atoms with E-state index in [4.69, 9.17) is 4.52 Å².